The van der Waals surface area contributed by atoms with Crippen molar-refractivity contribution in [3.8, 4) is 5.75 Å². The number of morpholine rings is 1. The van der Waals surface area contributed by atoms with Crippen molar-refractivity contribution < 1.29 is 14.3 Å². The van der Waals surface area contributed by atoms with Crippen LogP contribution in [0.15, 0.2) is 29.6 Å². The molecule has 1 amide bonds. The summed E-state index contributed by atoms with van der Waals surface area (Å²) in [7, 11) is 0. The lowest BCUT2D eigenvalue weighted by Crippen LogP contribution is -2.50. The number of thiazole rings is 1. The number of carbonyl (C=O) groups excluding carboxylic acids is 1. The number of ether oxygens (including phenoxy) is 2. The highest BCUT2D eigenvalue weighted by Crippen LogP contribution is 2.20. The van der Waals surface area contributed by atoms with Crippen LogP contribution in [0, 0.1) is 6.92 Å². The number of nitrogens with zero attached hydrogens (tertiary/aromatic N) is 2. The van der Waals surface area contributed by atoms with E-state index in [1.54, 1.807) is 17.4 Å². The van der Waals surface area contributed by atoms with E-state index in [1.807, 2.05) is 49.3 Å². The molecule has 1 aliphatic rings. The number of amides is 1. The molecule has 1 aromatic carbocycles. The molecule has 6 heteroatoms. The van der Waals surface area contributed by atoms with Crippen LogP contribution in [0.1, 0.15) is 34.9 Å². The van der Waals surface area contributed by atoms with Gasteiger partial charge in [0.1, 0.15) is 12.4 Å². The second-order valence-corrected chi connectivity index (χ2v) is 7.19. The quantitative estimate of drug-likeness (QED) is 0.852. The van der Waals surface area contributed by atoms with Crippen molar-refractivity contribution in [2.75, 3.05) is 13.2 Å². The van der Waals surface area contributed by atoms with E-state index >= 15 is 0 Å². The van der Waals surface area contributed by atoms with Gasteiger partial charge in [0.2, 0.25) is 0 Å². The number of benzene rings is 1. The lowest BCUT2D eigenvalue weighted by Gasteiger charge is -2.36. The summed E-state index contributed by atoms with van der Waals surface area (Å²) in [6.07, 6.45) is 0.0671. The van der Waals surface area contributed by atoms with Crippen molar-refractivity contribution in [3.63, 3.8) is 0 Å². The maximum absolute atomic E-state index is 12.8. The first-order valence-corrected chi connectivity index (χ1v) is 8.97. The molecule has 0 spiro atoms. The van der Waals surface area contributed by atoms with Crippen LogP contribution in [0.4, 0.5) is 0 Å². The summed E-state index contributed by atoms with van der Waals surface area (Å²) in [5.74, 6) is 0.702. The first-order valence-electron chi connectivity index (χ1n) is 8.09. The van der Waals surface area contributed by atoms with Gasteiger partial charge in [-0.2, -0.15) is 0 Å². The van der Waals surface area contributed by atoms with Gasteiger partial charge in [-0.25, -0.2) is 4.98 Å². The zero-order chi connectivity index (χ0) is 17.1. The first kappa shape index (κ1) is 16.9. The van der Waals surface area contributed by atoms with Gasteiger partial charge in [0, 0.05) is 17.5 Å². The summed E-state index contributed by atoms with van der Waals surface area (Å²) in [5, 5.41) is 3.01. The van der Waals surface area contributed by atoms with Gasteiger partial charge < -0.3 is 14.4 Å². The van der Waals surface area contributed by atoms with Gasteiger partial charge in [-0.15, -0.1) is 11.3 Å². The van der Waals surface area contributed by atoms with Crippen molar-refractivity contribution >= 4 is 17.2 Å². The largest absolute Gasteiger partial charge is 0.487 e. The van der Waals surface area contributed by atoms with Crippen molar-refractivity contribution in [1.29, 1.82) is 0 Å². The Balaban J connectivity index is 1.68. The summed E-state index contributed by atoms with van der Waals surface area (Å²) < 4.78 is 11.4. The van der Waals surface area contributed by atoms with Gasteiger partial charge in [0.25, 0.3) is 5.91 Å². The Morgan fingerprint density at radius 1 is 1.46 bits per heavy atom. The Morgan fingerprint density at radius 3 is 3.04 bits per heavy atom. The third-order valence-corrected chi connectivity index (χ3v) is 4.83. The lowest BCUT2D eigenvalue weighted by atomic mass is 10.1. The minimum atomic E-state index is 0.0209. The number of hydrogen-bond acceptors (Lipinski definition) is 5. The minimum absolute atomic E-state index is 0.0209. The van der Waals surface area contributed by atoms with Crippen LogP contribution in [0.2, 0.25) is 0 Å². The van der Waals surface area contributed by atoms with Crippen LogP contribution in [0.25, 0.3) is 0 Å². The van der Waals surface area contributed by atoms with Gasteiger partial charge in [-0.05, 0) is 39.0 Å². The third kappa shape index (κ3) is 3.94. The Bertz CT molecular complexity index is 716. The summed E-state index contributed by atoms with van der Waals surface area (Å²) >= 11 is 1.60. The normalized spacial score (nSPS) is 20.9. The van der Waals surface area contributed by atoms with E-state index in [0.29, 0.717) is 31.1 Å². The summed E-state index contributed by atoms with van der Waals surface area (Å²) in [6, 6.07) is 7.42. The number of aromatic nitrogens is 1. The molecular weight excluding hydrogens is 324 g/mol. The summed E-state index contributed by atoms with van der Waals surface area (Å²) in [5.41, 5.74) is 1.55. The zero-order valence-corrected chi connectivity index (χ0v) is 15.0. The molecule has 5 nitrogen and oxygen atoms in total. The maximum Gasteiger partial charge on any atom is 0.254 e. The van der Waals surface area contributed by atoms with Crippen LogP contribution in [-0.4, -0.2) is 41.1 Å². The predicted molar refractivity (Wildman–Crippen MR) is 93.5 cm³/mol. The average Bonchev–Trinajstić information content (AvgIpc) is 3.00. The Hall–Kier alpha value is -1.92. The molecule has 2 atom stereocenters. The molecule has 128 valence electrons. The molecule has 0 unspecified atom stereocenters. The van der Waals surface area contributed by atoms with E-state index < -0.39 is 0 Å². The van der Waals surface area contributed by atoms with E-state index in [4.69, 9.17) is 9.47 Å². The molecule has 3 rings (SSSR count). The highest BCUT2D eigenvalue weighted by Gasteiger charge is 2.28. The highest BCUT2D eigenvalue weighted by molar-refractivity contribution is 7.09. The molecule has 1 saturated heterocycles. The average molecular weight is 346 g/mol. The van der Waals surface area contributed by atoms with Gasteiger partial charge in [-0.3, -0.25) is 4.79 Å². The molecule has 2 heterocycles. The molecule has 0 saturated carbocycles. The molecule has 0 bridgehead atoms. The molecule has 0 N–H and O–H groups in total. The van der Waals surface area contributed by atoms with Crippen molar-refractivity contribution in [1.82, 2.24) is 9.88 Å². The predicted octanol–water partition coefficient (Wildman–Crippen LogP) is 3.28. The van der Waals surface area contributed by atoms with Crippen molar-refractivity contribution in [3.05, 3.63) is 45.9 Å². The second-order valence-electron chi connectivity index (χ2n) is 6.12. The van der Waals surface area contributed by atoms with Crippen LogP contribution in [0.5, 0.6) is 5.75 Å². The first-order chi connectivity index (χ1) is 11.5. The number of carbonyl (C=O) groups is 1. The molecule has 1 fully saturated rings. The van der Waals surface area contributed by atoms with Gasteiger partial charge in [0.05, 0.1) is 29.5 Å². The number of aryl methyl sites for hydroxylation is 1. The monoisotopic (exact) mass is 346 g/mol. The van der Waals surface area contributed by atoms with E-state index in [2.05, 4.69) is 4.98 Å². The van der Waals surface area contributed by atoms with Crippen LogP contribution >= 0.6 is 11.3 Å². The van der Waals surface area contributed by atoms with Crippen LogP contribution in [-0.2, 0) is 11.3 Å². The van der Waals surface area contributed by atoms with Gasteiger partial charge in [-0.1, -0.05) is 6.07 Å². The fraction of sp³-hybridized carbons (Fsp3) is 0.444. The molecular formula is C18H22N2O3S. The van der Waals surface area contributed by atoms with Crippen molar-refractivity contribution in [2.24, 2.45) is 0 Å². The Morgan fingerprint density at radius 2 is 2.29 bits per heavy atom. The molecule has 24 heavy (non-hydrogen) atoms. The Labute approximate surface area is 146 Å². The van der Waals surface area contributed by atoms with E-state index in [1.165, 1.54) is 0 Å². The summed E-state index contributed by atoms with van der Waals surface area (Å²) in [4.78, 5) is 19.0. The second kappa shape index (κ2) is 7.32. The summed E-state index contributed by atoms with van der Waals surface area (Å²) in [6.45, 7) is 7.57. The maximum atomic E-state index is 12.8. The standard InChI is InChI=1S/C18H22N2O3S/c1-12-9-22-13(2)8-20(12)18(21)15-5-4-6-17(7-15)23-10-16-11-24-14(3)19-16/h4-7,11-13H,8-10H2,1-3H3/t12-,13+/m0/s1. The molecule has 1 aliphatic heterocycles. The fourth-order valence-corrected chi connectivity index (χ4v) is 3.30. The van der Waals surface area contributed by atoms with E-state index in [9.17, 15) is 4.79 Å². The lowest BCUT2D eigenvalue weighted by molar-refractivity contribution is -0.0387. The highest BCUT2D eigenvalue weighted by atomic mass is 32.1. The van der Waals surface area contributed by atoms with E-state index in [0.717, 1.165) is 10.7 Å². The number of rotatable bonds is 4. The SMILES string of the molecule is Cc1nc(COc2cccc(C(=O)N3C[C@@H](C)OC[C@@H]3C)c2)cs1. The topological polar surface area (TPSA) is 51.7 Å². The van der Waals surface area contributed by atoms with Gasteiger partial charge in [0.15, 0.2) is 0 Å². The molecule has 0 aliphatic carbocycles. The number of hydrogen-bond donors (Lipinski definition) is 0. The van der Waals surface area contributed by atoms with Crippen LogP contribution < -0.4 is 4.74 Å². The van der Waals surface area contributed by atoms with Crippen LogP contribution in [0.3, 0.4) is 0 Å². The van der Waals surface area contributed by atoms with Gasteiger partial charge >= 0.3 is 0 Å². The third-order valence-electron chi connectivity index (χ3n) is 4.00. The smallest absolute Gasteiger partial charge is 0.254 e. The zero-order valence-electron chi connectivity index (χ0n) is 14.2. The van der Waals surface area contributed by atoms with Crippen molar-refractivity contribution in [2.45, 2.75) is 39.5 Å². The van der Waals surface area contributed by atoms with E-state index in [-0.39, 0.29) is 18.1 Å². The molecule has 0 radical (unpaired) electrons. The molecule has 2 aromatic rings. The Kier molecular flexibility index (Phi) is 5.16. The fourth-order valence-electron chi connectivity index (χ4n) is 2.70. The minimum Gasteiger partial charge on any atom is -0.487 e. The molecule has 1 aromatic heterocycles.